The van der Waals surface area contributed by atoms with E-state index >= 15 is 0 Å². The minimum absolute atomic E-state index is 0.00192. The molecular weight excluding hydrogens is 541 g/mol. The second kappa shape index (κ2) is 19.3. The molecule has 0 radical (unpaired) electrons. The average molecular weight is 592 g/mol. The lowest BCUT2D eigenvalue weighted by Gasteiger charge is -2.32. The number of alkyl halides is 1. The van der Waals surface area contributed by atoms with E-state index in [1.54, 1.807) is 24.3 Å². The molecule has 238 valence electrons. The molecule has 0 aromatic heterocycles. The van der Waals surface area contributed by atoms with E-state index in [0.717, 1.165) is 0 Å². The van der Waals surface area contributed by atoms with Crippen molar-refractivity contribution in [2.24, 2.45) is 0 Å². The van der Waals surface area contributed by atoms with Gasteiger partial charge in [-0.3, -0.25) is 4.79 Å². The molecule has 0 heterocycles. The van der Waals surface area contributed by atoms with Gasteiger partial charge in [0.25, 0.3) is 0 Å². The van der Waals surface area contributed by atoms with Crippen LogP contribution in [0, 0.1) is 0 Å². The highest BCUT2D eigenvalue weighted by molar-refractivity contribution is 5.88. The SMILES string of the molecule is CC(=O)Nc1ccc(OCC(O)COCCOC(C)(F)CCOC(C)C(C)OC(C)(C)CCOCC(O)CO)cc1. The van der Waals surface area contributed by atoms with Gasteiger partial charge in [0.15, 0.2) is 0 Å². The monoisotopic (exact) mass is 591 g/mol. The van der Waals surface area contributed by atoms with Crippen LogP contribution in [0.5, 0.6) is 5.75 Å². The Kier molecular flexibility index (Phi) is 17.5. The predicted molar refractivity (Wildman–Crippen MR) is 152 cm³/mol. The third kappa shape index (κ3) is 18.3. The van der Waals surface area contributed by atoms with Gasteiger partial charge in [-0.15, -0.1) is 0 Å². The maximum absolute atomic E-state index is 14.7. The van der Waals surface area contributed by atoms with E-state index in [2.05, 4.69) is 5.32 Å². The van der Waals surface area contributed by atoms with Crippen LogP contribution < -0.4 is 10.1 Å². The number of carbonyl (C=O) groups is 1. The van der Waals surface area contributed by atoms with Crippen LogP contribution in [0.3, 0.4) is 0 Å². The molecule has 4 N–H and O–H groups in total. The maximum Gasteiger partial charge on any atom is 0.221 e. The predicted octanol–water partition coefficient (Wildman–Crippen LogP) is 2.84. The Morgan fingerprint density at radius 1 is 0.902 bits per heavy atom. The molecule has 1 amide bonds. The normalized spacial score (nSPS) is 16.4. The molecule has 0 bridgehead atoms. The zero-order valence-corrected chi connectivity index (χ0v) is 25.3. The minimum atomic E-state index is -1.91. The highest BCUT2D eigenvalue weighted by Gasteiger charge is 2.27. The summed E-state index contributed by atoms with van der Waals surface area (Å²) in [6.07, 6.45) is -1.71. The highest BCUT2D eigenvalue weighted by atomic mass is 19.2. The van der Waals surface area contributed by atoms with Crippen LogP contribution >= 0.6 is 0 Å². The first-order valence-corrected chi connectivity index (χ1v) is 14.0. The van der Waals surface area contributed by atoms with Gasteiger partial charge in [0.05, 0.1) is 57.5 Å². The van der Waals surface area contributed by atoms with Gasteiger partial charge in [-0.2, -0.15) is 0 Å². The lowest BCUT2D eigenvalue weighted by Crippen LogP contribution is -2.37. The molecule has 41 heavy (non-hydrogen) atoms. The van der Waals surface area contributed by atoms with Gasteiger partial charge in [-0.05, 0) is 65.3 Å². The molecule has 1 aromatic carbocycles. The summed E-state index contributed by atoms with van der Waals surface area (Å²) in [5.74, 6) is -1.54. The quantitative estimate of drug-likeness (QED) is 0.140. The van der Waals surface area contributed by atoms with Gasteiger partial charge in [0.2, 0.25) is 11.8 Å². The van der Waals surface area contributed by atoms with Gasteiger partial charge < -0.3 is 49.1 Å². The lowest BCUT2D eigenvalue weighted by molar-refractivity contribution is -0.169. The van der Waals surface area contributed by atoms with Crippen LogP contribution in [-0.2, 0) is 28.5 Å². The summed E-state index contributed by atoms with van der Waals surface area (Å²) >= 11 is 0. The van der Waals surface area contributed by atoms with Crippen molar-refractivity contribution in [1.29, 1.82) is 0 Å². The molecule has 5 unspecified atom stereocenters. The van der Waals surface area contributed by atoms with E-state index < -0.39 is 23.7 Å². The van der Waals surface area contributed by atoms with E-state index in [1.165, 1.54) is 13.8 Å². The number of halogens is 1. The van der Waals surface area contributed by atoms with Crippen molar-refractivity contribution in [3.05, 3.63) is 24.3 Å². The molecule has 0 aliphatic heterocycles. The molecule has 11 nitrogen and oxygen atoms in total. The first kappa shape index (κ1) is 37.1. The topological polar surface area (TPSA) is 145 Å². The standard InChI is InChI=1S/C29H50FNO10/c1-21(22(2)41-28(4,5)11-13-36-18-25(34)17-32)38-14-12-29(6,30)40-16-15-37-19-26(35)20-39-27-9-7-24(8-10-27)31-23(3)33/h7-10,21-22,25-26,32,34-35H,11-20H2,1-6H3,(H,31,33). The Morgan fingerprint density at radius 2 is 1.54 bits per heavy atom. The fourth-order valence-electron chi connectivity index (χ4n) is 3.49. The second-order valence-electron chi connectivity index (χ2n) is 10.8. The molecule has 1 rings (SSSR count). The first-order chi connectivity index (χ1) is 19.2. The Balaban J connectivity index is 2.18. The molecule has 0 aliphatic rings. The number of nitrogens with one attached hydrogen (secondary N) is 1. The summed E-state index contributed by atoms with van der Waals surface area (Å²) in [6, 6.07) is 6.75. The van der Waals surface area contributed by atoms with Crippen LogP contribution in [0.4, 0.5) is 10.1 Å². The second-order valence-corrected chi connectivity index (χ2v) is 10.8. The van der Waals surface area contributed by atoms with Crippen LogP contribution in [0.2, 0.25) is 0 Å². The van der Waals surface area contributed by atoms with E-state index in [0.29, 0.717) is 24.5 Å². The van der Waals surface area contributed by atoms with Gasteiger partial charge in [0.1, 0.15) is 24.6 Å². The van der Waals surface area contributed by atoms with Crippen LogP contribution in [0.15, 0.2) is 24.3 Å². The van der Waals surface area contributed by atoms with Gasteiger partial charge in [-0.1, -0.05) is 0 Å². The Labute approximate surface area is 243 Å². The van der Waals surface area contributed by atoms with Crippen LogP contribution in [-0.4, -0.2) is 110 Å². The number of benzene rings is 1. The number of rotatable bonds is 23. The zero-order chi connectivity index (χ0) is 30.9. The summed E-state index contributed by atoms with van der Waals surface area (Å²) in [7, 11) is 0. The third-order valence-electron chi connectivity index (χ3n) is 6.02. The number of carbonyl (C=O) groups excluding carboxylic acids is 1. The Bertz CT molecular complexity index is 839. The van der Waals surface area contributed by atoms with E-state index in [4.69, 9.17) is 33.5 Å². The molecule has 0 fully saturated rings. The molecule has 1 aromatic rings. The summed E-state index contributed by atoms with van der Waals surface area (Å²) in [6.45, 7) is 10.7. The van der Waals surface area contributed by atoms with Crippen molar-refractivity contribution in [2.45, 2.75) is 90.3 Å². The van der Waals surface area contributed by atoms with Crippen molar-refractivity contribution in [2.75, 3.05) is 58.2 Å². The lowest BCUT2D eigenvalue weighted by atomic mass is 10.1. The van der Waals surface area contributed by atoms with Crippen LogP contribution in [0.1, 0.15) is 54.4 Å². The summed E-state index contributed by atoms with van der Waals surface area (Å²) in [5, 5.41) is 30.8. The molecule has 0 aliphatic carbocycles. The number of hydrogen-bond donors (Lipinski definition) is 4. The van der Waals surface area contributed by atoms with Crippen LogP contribution in [0.25, 0.3) is 0 Å². The Hall–Kier alpha value is -1.90. The largest absolute Gasteiger partial charge is 0.491 e. The van der Waals surface area contributed by atoms with Crippen molar-refractivity contribution in [3.8, 4) is 5.75 Å². The maximum atomic E-state index is 14.7. The summed E-state index contributed by atoms with van der Waals surface area (Å²) < 4.78 is 48.1. The van der Waals surface area contributed by atoms with Crippen molar-refractivity contribution in [1.82, 2.24) is 0 Å². The third-order valence-corrected chi connectivity index (χ3v) is 6.02. The number of aliphatic hydroxyl groups excluding tert-OH is 3. The fraction of sp³-hybridized carbons (Fsp3) is 0.759. The summed E-state index contributed by atoms with van der Waals surface area (Å²) in [4.78, 5) is 11.1. The van der Waals surface area contributed by atoms with E-state index in [-0.39, 0.29) is 70.8 Å². The zero-order valence-electron chi connectivity index (χ0n) is 25.3. The number of ether oxygens (including phenoxy) is 6. The first-order valence-electron chi connectivity index (χ1n) is 14.0. The minimum Gasteiger partial charge on any atom is -0.491 e. The van der Waals surface area contributed by atoms with Crippen molar-refractivity contribution >= 4 is 11.6 Å². The van der Waals surface area contributed by atoms with Crippen molar-refractivity contribution < 1.29 is 52.9 Å². The molecule has 0 spiro atoms. The van der Waals surface area contributed by atoms with Gasteiger partial charge in [-0.25, -0.2) is 4.39 Å². The fourth-order valence-corrected chi connectivity index (χ4v) is 3.49. The van der Waals surface area contributed by atoms with E-state index in [9.17, 15) is 19.4 Å². The molecule has 0 saturated heterocycles. The highest BCUT2D eigenvalue weighted by Crippen LogP contribution is 2.22. The van der Waals surface area contributed by atoms with Gasteiger partial charge >= 0.3 is 0 Å². The molecule has 5 atom stereocenters. The Morgan fingerprint density at radius 3 is 2.17 bits per heavy atom. The molecular formula is C29H50FNO10. The summed E-state index contributed by atoms with van der Waals surface area (Å²) in [5.41, 5.74) is 0.147. The smallest absolute Gasteiger partial charge is 0.221 e. The van der Waals surface area contributed by atoms with Crippen molar-refractivity contribution in [3.63, 3.8) is 0 Å². The molecule has 12 heteroatoms. The number of hydrogen-bond acceptors (Lipinski definition) is 10. The number of anilines is 1. The average Bonchev–Trinajstić information content (AvgIpc) is 2.89. The van der Waals surface area contributed by atoms with Gasteiger partial charge in [0, 0.05) is 25.6 Å². The van der Waals surface area contributed by atoms with E-state index in [1.807, 2.05) is 27.7 Å². The molecule has 0 saturated carbocycles. The number of aliphatic hydroxyl groups is 3. The number of amides is 1.